The molecule has 4 rings (SSSR count). The van der Waals surface area contributed by atoms with Gasteiger partial charge in [0.2, 0.25) is 4.96 Å². The number of benzene rings is 2. The molecule has 4 aromatic rings. The molecule has 2 aromatic heterocycles. The molecule has 0 aliphatic heterocycles. The maximum atomic E-state index is 13.0. The lowest BCUT2D eigenvalue weighted by atomic mass is 10.1. The number of nitrogens with zero attached hydrogens (tertiary/aromatic N) is 3. The van der Waals surface area contributed by atoms with E-state index in [9.17, 15) is 9.18 Å². The van der Waals surface area contributed by atoms with Gasteiger partial charge < -0.3 is 0 Å². The second-order valence-corrected chi connectivity index (χ2v) is 6.47. The van der Waals surface area contributed by atoms with Crippen molar-refractivity contribution < 1.29 is 4.39 Å². The Morgan fingerprint density at radius 2 is 1.79 bits per heavy atom. The predicted octanol–water partition coefficient (Wildman–Crippen LogP) is 2.81. The smallest absolute Gasteiger partial charge is 0.266 e. The first-order chi connectivity index (χ1) is 11.6. The molecule has 0 saturated carbocycles. The van der Waals surface area contributed by atoms with E-state index in [2.05, 4.69) is 10.1 Å². The maximum absolute atomic E-state index is 13.0. The molecule has 0 spiro atoms. The molecule has 2 heterocycles. The third-order valence-corrected chi connectivity index (χ3v) is 4.62. The Morgan fingerprint density at radius 3 is 2.46 bits per heavy atom. The minimum atomic E-state index is -0.306. The van der Waals surface area contributed by atoms with Crippen LogP contribution in [-0.2, 0) is 0 Å². The van der Waals surface area contributed by atoms with Crippen molar-refractivity contribution in [3.8, 4) is 11.4 Å². The van der Waals surface area contributed by atoms with E-state index in [1.807, 2.05) is 31.2 Å². The fraction of sp³-hybridized carbons (Fsp3) is 0.0556. The molecule has 0 unspecified atom stereocenters. The van der Waals surface area contributed by atoms with Gasteiger partial charge in [0.05, 0.1) is 4.53 Å². The van der Waals surface area contributed by atoms with E-state index in [1.54, 1.807) is 18.2 Å². The molecule has 0 radical (unpaired) electrons. The van der Waals surface area contributed by atoms with Crippen LogP contribution in [0.25, 0.3) is 22.4 Å². The van der Waals surface area contributed by atoms with E-state index in [-0.39, 0.29) is 11.4 Å². The van der Waals surface area contributed by atoms with Gasteiger partial charge in [0.25, 0.3) is 5.56 Å². The SMILES string of the molecule is Cc1ccc(-c2nc3s/c(=C\c4ccc(F)cc4)c(=O)n3n2)cc1. The molecule has 4 nitrogen and oxygen atoms in total. The summed E-state index contributed by atoms with van der Waals surface area (Å²) in [6.45, 7) is 2.01. The molecule has 0 amide bonds. The van der Waals surface area contributed by atoms with Gasteiger partial charge in [0.1, 0.15) is 5.82 Å². The van der Waals surface area contributed by atoms with Crippen LogP contribution in [0.2, 0.25) is 0 Å². The van der Waals surface area contributed by atoms with E-state index in [0.717, 1.165) is 16.7 Å². The number of rotatable bonds is 2. The van der Waals surface area contributed by atoms with Crippen molar-refractivity contribution in [1.82, 2.24) is 14.6 Å². The molecule has 118 valence electrons. The van der Waals surface area contributed by atoms with Crippen molar-refractivity contribution in [1.29, 1.82) is 0 Å². The Labute approximate surface area is 140 Å². The summed E-state index contributed by atoms with van der Waals surface area (Å²) in [5.74, 6) is 0.228. The molecular weight excluding hydrogens is 325 g/mol. The molecule has 6 heteroatoms. The Hall–Kier alpha value is -2.86. The van der Waals surface area contributed by atoms with Gasteiger partial charge in [-0.1, -0.05) is 53.3 Å². The molecule has 0 N–H and O–H groups in total. The number of aromatic nitrogens is 3. The van der Waals surface area contributed by atoms with Crippen molar-refractivity contribution in [2.45, 2.75) is 6.92 Å². The molecule has 0 atom stereocenters. The van der Waals surface area contributed by atoms with Gasteiger partial charge in [-0.25, -0.2) is 4.39 Å². The zero-order valence-corrected chi connectivity index (χ0v) is 13.5. The van der Waals surface area contributed by atoms with Crippen molar-refractivity contribution in [3.63, 3.8) is 0 Å². The monoisotopic (exact) mass is 337 g/mol. The van der Waals surface area contributed by atoms with E-state index < -0.39 is 0 Å². The summed E-state index contributed by atoms with van der Waals surface area (Å²) < 4.78 is 14.8. The molecule has 24 heavy (non-hydrogen) atoms. The number of hydrogen-bond donors (Lipinski definition) is 0. The van der Waals surface area contributed by atoms with E-state index in [1.165, 1.54) is 28.0 Å². The lowest BCUT2D eigenvalue weighted by Crippen LogP contribution is -2.23. The highest BCUT2D eigenvalue weighted by Gasteiger charge is 2.11. The van der Waals surface area contributed by atoms with Crippen LogP contribution in [0.3, 0.4) is 0 Å². The van der Waals surface area contributed by atoms with Crippen LogP contribution in [-0.4, -0.2) is 14.6 Å². The van der Waals surface area contributed by atoms with Gasteiger partial charge >= 0.3 is 0 Å². The average molecular weight is 337 g/mol. The maximum Gasteiger partial charge on any atom is 0.291 e. The first-order valence-electron chi connectivity index (χ1n) is 7.34. The van der Waals surface area contributed by atoms with Gasteiger partial charge in [-0.3, -0.25) is 4.79 Å². The lowest BCUT2D eigenvalue weighted by Gasteiger charge is -1.95. The molecule has 0 saturated heterocycles. The number of fused-ring (bicyclic) bond motifs is 1. The highest BCUT2D eigenvalue weighted by molar-refractivity contribution is 7.15. The fourth-order valence-electron chi connectivity index (χ4n) is 2.37. The Morgan fingerprint density at radius 1 is 1.08 bits per heavy atom. The van der Waals surface area contributed by atoms with E-state index in [0.29, 0.717) is 15.3 Å². The summed E-state index contributed by atoms with van der Waals surface area (Å²) in [5.41, 5.74) is 2.57. The molecule has 2 aromatic carbocycles. The normalized spacial score (nSPS) is 12.2. The Balaban J connectivity index is 1.79. The minimum Gasteiger partial charge on any atom is -0.266 e. The molecule has 0 aliphatic rings. The number of thiazole rings is 1. The van der Waals surface area contributed by atoms with Crippen molar-refractivity contribution in [2.24, 2.45) is 0 Å². The highest BCUT2D eigenvalue weighted by atomic mass is 32.1. The van der Waals surface area contributed by atoms with Gasteiger partial charge in [-0.15, -0.1) is 5.10 Å². The van der Waals surface area contributed by atoms with Crippen LogP contribution in [0.5, 0.6) is 0 Å². The van der Waals surface area contributed by atoms with E-state index in [4.69, 9.17) is 0 Å². The van der Waals surface area contributed by atoms with Crippen LogP contribution in [0.15, 0.2) is 53.3 Å². The summed E-state index contributed by atoms with van der Waals surface area (Å²) >= 11 is 1.27. The van der Waals surface area contributed by atoms with Crippen molar-refractivity contribution >= 4 is 22.4 Å². The summed E-state index contributed by atoms with van der Waals surface area (Å²) in [6, 6.07) is 13.8. The van der Waals surface area contributed by atoms with Gasteiger partial charge in [-0.05, 0) is 30.7 Å². The zero-order valence-electron chi connectivity index (χ0n) is 12.7. The lowest BCUT2D eigenvalue weighted by molar-refractivity contribution is 0.628. The van der Waals surface area contributed by atoms with Gasteiger partial charge in [-0.2, -0.15) is 9.50 Å². The quantitative estimate of drug-likeness (QED) is 0.565. The highest BCUT2D eigenvalue weighted by Crippen LogP contribution is 2.17. The first kappa shape index (κ1) is 14.7. The van der Waals surface area contributed by atoms with Gasteiger partial charge in [0, 0.05) is 5.56 Å². The van der Waals surface area contributed by atoms with Crippen LogP contribution in [0.4, 0.5) is 4.39 Å². The second kappa shape index (κ2) is 5.65. The summed E-state index contributed by atoms with van der Waals surface area (Å²) in [5, 5.41) is 4.31. The van der Waals surface area contributed by atoms with Crippen LogP contribution in [0, 0.1) is 12.7 Å². The first-order valence-corrected chi connectivity index (χ1v) is 8.16. The van der Waals surface area contributed by atoms with Crippen LogP contribution < -0.4 is 10.1 Å². The van der Waals surface area contributed by atoms with E-state index >= 15 is 0 Å². The van der Waals surface area contributed by atoms with Crippen LogP contribution >= 0.6 is 11.3 Å². The zero-order chi connectivity index (χ0) is 16.7. The summed E-state index contributed by atoms with van der Waals surface area (Å²) in [7, 11) is 0. The summed E-state index contributed by atoms with van der Waals surface area (Å²) in [4.78, 5) is 17.4. The Kier molecular flexibility index (Phi) is 3.46. The summed E-state index contributed by atoms with van der Waals surface area (Å²) in [6.07, 6.45) is 1.72. The molecule has 0 fully saturated rings. The van der Waals surface area contributed by atoms with Crippen LogP contribution in [0.1, 0.15) is 11.1 Å². The van der Waals surface area contributed by atoms with Crippen molar-refractivity contribution in [3.05, 3.63) is 80.4 Å². The number of hydrogen-bond acceptors (Lipinski definition) is 4. The molecule has 0 bridgehead atoms. The number of halogens is 1. The van der Waals surface area contributed by atoms with Gasteiger partial charge in [0.15, 0.2) is 5.82 Å². The molecule has 0 aliphatic carbocycles. The third-order valence-electron chi connectivity index (χ3n) is 3.66. The largest absolute Gasteiger partial charge is 0.291 e. The molecular formula is C18H12FN3OS. The second-order valence-electron chi connectivity index (χ2n) is 5.46. The standard InChI is InChI=1S/C18H12FN3OS/c1-11-2-6-13(7-3-11)16-20-18-22(21-16)17(23)15(24-18)10-12-4-8-14(19)9-5-12/h2-10H,1H3/b15-10-. The Bertz CT molecular complexity index is 1130. The predicted molar refractivity (Wildman–Crippen MR) is 92.5 cm³/mol. The minimum absolute atomic E-state index is 0.217. The average Bonchev–Trinajstić information content (AvgIpc) is 3.11. The number of aryl methyl sites for hydroxylation is 1. The fourth-order valence-corrected chi connectivity index (χ4v) is 3.28. The third kappa shape index (κ3) is 2.61. The topological polar surface area (TPSA) is 47.3 Å². The van der Waals surface area contributed by atoms with Crippen molar-refractivity contribution in [2.75, 3.05) is 0 Å².